The summed E-state index contributed by atoms with van der Waals surface area (Å²) >= 11 is 0. The zero-order valence-electron chi connectivity index (χ0n) is 37.5. The average molecular weight is 848 g/mol. The highest BCUT2D eigenvalue weighted by molar-refractivity contribution is 7.45. The summed E-state index contributed by atoms with van der Waals surface area (Å²) in [5, 5.41) is 9.74. The van der Waals surface area contributed by atoms with E-state index in [0.717, 1.165) is 70.6 Å². The minimum Gasteiger partial charge on any atom is -0.756 e. The third-order valence-electron chi connectivity index (χ3n) is 8.94. The molecule has 0 spiro atoms. The van der Waals surface area contributed by atoms with E-state index in [1.54, 1.807) is 0 Å². The maximum Gasteiger partial charge on any atom is 0.306 e. The molecule has 0 aromatic rings. The van der Waals surface area contributed by atoms with Gasteiger partial charge < -0.3 is 33.0 Å². The van der Waals surface area contributed by atoms with Crippen molar-refractivity contribution < 1.29 is 47.2 Å². The largest absolute Gasteiger partial charge is 0.756 e. The van der Waals surface area contributed by atoms with Crippen LogP contribution < -0.4 is 4.89 Å². The molecule has 3 atom stereocenters. The highest BCUT2D eigenvalue weighted by Gasteiger charge is 2.21. The first-order chi connectivity index (χ1) is 28.4. The Bertz CT molecular complexity index is 1300. The van der Waals surface area contributed by atoms with Gasteiger partial charge in [0.2, 0.25) is 0 Å². The summed E-state index contributed by atoms with van der Waals surface area (Å²) in [5.41, 5.74) is 0. The molecule has 0 heterocycles. The summed E-state index contributed by atoms with van der Waals surface area (Å²) in [6.45, 7) is 3.87. The van der Waals surface area contributed by atoms with Gasteiger partial charge in [0.15, 0.2) is 6.10 Å². The van der Waals surface area contributed by atoms with Gasteiger partial charge in [-0.2, -0.15) is 0 Å². The van der Waals surface area contributed by atoms with Gasteiger partial charge in [0.25, 0.3) is 7.82 Å². The number of carbonyl (C=O) groups excluding carboxylic acids is 2. The third kappa shape index (κ3) is 43.1. The van der Waals surface area contributed by atoms with E-state index in [1.807, 2.05) is 39.4 Å². The molecule has 0 aliphatic carbocycles. The van der Waals surface area contributed by atoms with E-state index in [-0.39, 0.29) is 32.2 Å². The predicted octanol–water partition coefficient (Wildman–Crippen LogP) is 11.1. The number of esters is 2. The quantitative estimate of drug-likeness (QED) is 0.0211. The molecular formula is C48H82NO9P. The van der Waals surface area contributed by atoms with Gasteiger partial charge in [-0.25, -0.2) is 0 Å². The maximum absolute atomic E-state index is 12.7. The number of quaternary nitrogens is 1. The van der Waals surface area contributed by atoms with Gasteiger partial charge >= 0.3 is 11.9 Å². The summed E-state index contributed by atoms with van der Waals surface area (Å²) in [5.74, 6) is -0.955. The van der Waals surface area contributed by atoms with Crippen LogP contribution in [-0.2, 0) is 32.7 Å². The molecule has 11 heteroatoms. The van der Waals surface area contributed by atoms with Gasteiger partial charge in [-0.1, -0.05) is 131 Å². The number of allylic oxidation sites excluding steroid dienone is 13. The Morgan fingerprint density at radius 3 is 1.64 bits per heavy atom. The molecule has 338 valence electrons. The number of aliphatic hydroxyl groups excluding tert-OH is 1. The normalized spacial score (nSPS) is 14.9. The molecule has 0 bridgehead atoms. The molecule has 0 saturated heterocycles. The number of phosphoric acid groups is 1. The lowest BCUT2D eigenvalue weighted by Crippen LogP contribution is -2.37. The van der Waals surface area contributed by atoms with Crippen LogP contribution in [0.1, 0.15) is 149 Å². The van der Waals surface area contributed by atoms with Crippen LogP contribution in [0.15, 0.2) is 85.1 Å². The van der Waals surface area contributed by atoms with Gasteiger partial charge in [0, 0.05) is 12.8 Å². The number of hydrogen-bond donors (Lipinski definition) is 1. The van der Waals surface area contributed by atoms with Crippen molar-refractivity contribution in [3.05, 3.63) is 85.1 Å². The number of nitrogens with zero attached hydrogens (tertiary/aromatic N) is 1. The smallest absolute Gasteiger partial charge is 0.306 e. The van der Waals surface area contributed by atoms with E-state index >= 15 is 0 Å². The van der Waals surface area contributed by atoms with Crippen LogP contribution in [-0.4, -0.2) is 81.2 Å². The molecule has 0 aromatic heterocycles. The molecule has 0 fully saturated rings. The van der Waals surface area contributed by atoms with Gasteiger partial charge in [0.1, 0.15) is 19.8 Å². The second kappa shape index (κ2) is 39.3. The van der Waals surface area contributed by atoms with Gasteiger partial charge in [-0.05, 0) is 89.9 Å². The maximum atomic E-state index is 12.7. The molecule has 0 aliphatic rings. The Balaban J connectivity index is 4.53. The second-order valence-corrected chi connectivity index (χ2v) is 17.3. The zero-order chi connectivity index (χ0) is 43.7. The van der Waals surface area contributed by atoms with E-state index in [1.165, 1.54) is 25.7 Å². The molecule has 0 aromatic carbocycles. The number of likely N-dealkylation sites (N-methyl/N-ethyl adjacent to an activating group) is 1. The number of ether oxygens (including phenoxy) is 2. The monoisotopic (exact) mass is 848 g/mol. The van der Waals surface area contributed by atoms with Gasteiger partial charge in [0.05, 0.1) is 33.9 Å². The van der Waals surface area contributed by atoms with Crippen LogP contribution >= 0.6 is 7.82 Å². The van der Waals surface area contributed by atoms with Gasteiger partial charge in [-0.15, -0.1) is 0 Å². The Hall–Kier alpha value is -2.85. The second-order valence-electron chi connectivity index (χ2n) is 15.9. The first-order valence-corrected chi connectivity index (χ1v) is 23.8. The Morgan fingerprint density at radius 2 is 1.10 bits per heavy atom. The molecule has 10 nitrogen and oxygen atoms in total. The topological polar surface area (TPSA) is 131 Å². The third-order valence-corrected chi connectivity index (χ3v) is 9.91. The van der Waals surface area contributed by atoms with Crippen molar-refractivity contribution in [2.24, 2.45) is 0 Å². The van der Waals surface area contributed by atoms with Crippen molar-refractivity contribution in [1.29, 1.82) is 0 Å². The number of aliphatic hydroxyl groups is 1. The highest BCUT2D eigenvalue weighted by atomic mass is 31.2. The van der Waals surface area contributed by atoms with Crippen molar-refractivity contribution in [3.63, 3.8) is 0 Å². The Morgan fingerprint density at radius 1 is 0.610 bits per heavy atom. The summed E-state index contributed by atoms with van der Waals surface area (Å²) in [4.78, 5) is 37.5. The lowest BCUT2D eigenvalue weighted by Gasteiger charge is -2.28. The summed E-state index contributed by atoms with van der Waals surface area (Å²) in [7, 11) is 1.08. The van der Waals surface area contributed by atoms with E-state index in [2.05, 4.69) is 80.7 Å². The lowest BCUT2D eigenvalue weighted by molar-refractivity contribution is -0.870. The van der Waals surface area contributed by atoms with Gasteiger partial charge in [-0.3, -0.25) is 14.2 Å². The van der Waals surface area contributed by atoms with Crippen LogP contribution in [0.4, 0.5) is 0 Å². The van der Waals surface area contributed by atoms with Crippen LogP contribution in [0.2, 0.25) is 0 Å². The molecule has 59 heavy (non-hydrogen) atoms. The lowest BCUT2D eigenvalue weighted by atomic mass is 10.1. The minimum absolute atomic E-state index is 0.0563. The molecule has 2 unspecified atom stereocenters. The minimum atomic E-state index is -4.66. The summed E-state index contributed by atoms with van der Waals surface area (Å²) < 4.78 is 33.8. The number of rotatable bonds is 39. The standard InChI is InChI=1S/C48H82NO9P/c1-6-8-9-10-11-12-13-14-15-16-17-20-23-26-29-32-35-39-47(51)55-43-46(44-57-59(53,54)56-42-41-49(3,4)5)58-48(52)40-36-33-30-27-24-21-18-19-22-25-28-31-34-38-45(50)37-7-2/h11-12,14-15,17-18,20-22,25,27,30-31,34,45-46,50H,6-10,13,16,19,23-24,26,28-29,32-33,35-44H2,1-5H3/b12-11-,15-14-,20-17-,21-18-,25-22-,30-27-,34-31-/t45?,46-/m1/s1. The molecule has 0 saturated carbocycles. The van der Waals surface area contributed by atoms with Crippen molar-refractivity contribution in [2.45, 2.75) is 161 Å². The van der Waals surface area contributed by atoms with Crippen LogP contribution in [0.3, 0.4) is 0 Å². The summed E-state index contributed by atoms with van der Waals surface area (Å²) in [6.07, 6.45) is 46.8. The molecule has 1 N–H and O–H groups in total. The Labute approximate surface area is 359 Å². The van der Waals surface area contributed by atoms with E-state index in [4.69, 9.17) is 18.5 Å². The fourth-order valence-electron chi connectivity index (χ4n) is 5.43. The molecule has 0 aliphatic heterocycles. The van der Waals surface area contributed by atoms with Crippen molar-refractivity contribution in [3.8, 4) is 0 Å². The molecule has 0 amide bonds. The van der Waals surface area contributed by atoms with Crippen molar-refractivity contribution in [2.75, 3.05) is 47.5 Å². The number of unbranched alkanes of at least 4 members (excludes halogenated alkanes) is 8. The number of phosphoric ester groups is 1. The SMILES string of the molecule is CCCCC/C=C\C/C=C\C/C=C\CCCCCCC(=O)OC[C@H](COP(=O)([O-])OCC[N+](C)(C)C)OC(=O)CCC/C=C\C/C=C\C/C=C\C/C=C\CC(O)CCC. The summed E-state index contributed by atoms with van der Waals surface area (Å²) in [6, 6.07) is 0. The Kier molecular flexibility index (Phi) is 37.4. The first-order valence-electron chi connectivity index (χ1n) is 22.4. The van der Waals surface area contributed by atoms with E-state index in [0.29, 0.717) is 36.7 Å². The van der Waals surface area contributed by atoms with E-state index < -0.39 is 32.5 Å². The fourth-order valence-corrected chi connectivity index (χ4v) is 6.16. The van der Waals surface area contributed by atoms with E-state index in [9.17, 15) is 24.2 Å². The van der Waals surface area contributed by atoms with Crippen LogP contribution in [0.5, 0.6) is 0 Å². The molecular weight excluding hydrogens is 765 g/mol. The fraction of sp³-hybridized carbons (Fsp3) is 0.667. The number of carbonyl (C=O) groups is 2. The van der Waals surface area contributed by atoms with Crippen molar-refractivity contribution >= 4 is 19.8 Å². The average Bonchev–Trinajstić information content (AvgIpc) is 3.18. The molecule has 0 radical (unpaired) electrons. The van der Waals surface area contributed by atoms with Crippen molar-refractivity contribution in [1.82, 2.24) is 0 Å². The highest BCUT2D eigenvalue weighted by Crippen LogP contribution is 2.38. The van der Waals surface area contributed by atoms with Crippen LogP contribution in [0.25, 0.3) is 0 Å². The zero-order valence-corrected chi connectivity index (χ0v) is 38.4. The first kappa shape index (κ1) is 56.1. The predicted molar refractivity (Wildman–Crippen MR) is 242 cm³/mol. The number of hydrogen-bond acceptors (Lipinski definition) is 9. The van der Waals surface area contributed by atoms with Crippen LogP contribution in [0, 0.1) is 0 Å². The molecule has 0 rings (SSSR count).